The maximum atomic E-state index is 2.32. The van der Waals surface area contributed by atoms with Gasteiger partial charge in [0.15, 0.2) is 0 Å². The van der Waals surface area contributed by atoms with Gasteiger partial charge in [-0.2, -0.15) is 0 Å². The molecule has 42 heavy (non-hydrogen) atoms. The standard InChI is InChI=1S/C26H26.C13H10S.C2H6/c1-5-10-22-18(3)25(21-13-8-6-11-17(21)2)19(4)23-16-15-20-12-7-9-14-24(20)26(22)23;1-9-6-7-13-11(8-9)10-4-2-3-5-12(10)14-13;1-2/h5-7,9-12,14-16H,8,13H2,1-4H3;2-8H,1H3;1-2H3/b10-5-;;. The first kappa shape index (κ1) is 29.5. The third-order valence-electron chi connectivity index (χ3n) is 8.33. The first-order valence-corrected chi connectivity index (χ1v) is 16.1. The van der Waals surface area contributed by atoms with E-state index in [2.05, 4.69) is 138 Å². The molecule has 5 aromatic carbocycles. The summed E-state index contributed by atoms with van der Waals surface area (Å²) in [5.74, 6) is 0. The smallest absolute Gasteiger partial charge is 0.0355 e. The molecule has 0 saturated carbocycles. The normalized spacial score (nSPS) is 13.1. The second kappa shape index (κ2) is 12.9. The van der Waals surface area contributed by atoms with Gasteiger partial charge in [0.1, 0.15) is 0 Å². The van der Waals surface area contributed by atoms with Gasteiger partial charge in [0, 0.05) is 20.2 Å². The number of thiophene rings is 1. The molecule has 1 heterocycles. The Kier molecular flexibility index (Phi) is 9.09. The summed E-state index contributed by atoms with van der Waals surface area (Å²) in [6.45, 7) is 15.1. The molecule has 0 radical (unpaired) electrons. The lowest BCUT2D eigenvalue weighted by Gasteiger charge is -2.23. The zero-order valence-electron chi connectivity index (χ0n) is 26.1. The van der Waals surface area contributed by atoms with Gasteiger partial charge in [0.25, 0.3) is 0 Å². The Labute approximate surface area is 255 Å². The second-order valence-corrected chi connectivity index (χ2v) is 12.0. The fraction of sp³-hybridized carbons (Fsp3) is 0.220. The summed E-state index contributed by atoms with van der Waals surface area (Å²) in [6.07, 6.45) is 11.3. The predicted octanol–water partition coefficient (Wildman–Crippen LogP) is 13.2. The summed E-state index contributed by atoms with van der Waals surface area (Å²) in [6, 6.07) is 28.6. The lowest BCUT2D eigenvalue weighted by Crippen LogP contribution is -2.02. The Hall–Kier alpha value is -3.94. The van der Waals surface area contributed by atoms with Crippen LogP contribution >= 0.6 is 11.3 Å². The molecule has 0 atom stereocenters. The molecule has 0 nitrogen and oxygen atoms in total. The van der Waals surface area contributed by atoms with Crippen molar-refractivity contribution >= 4 is 64.7 Å². The maximum absolute atomic E-state index is 2.32. The van der Waals surface area contributed by atoms with Gasteiger partial charge < -0.3 is 0 Å². The van der Waals surface area contributed by atoms with Gasteiger partial charge in [-0.1, -0.05) is 104 Å². The molecular formula is C41H42S. The summed E-state index contributed by atoms with van der Waals surface area (Å²) in [5.41, 5.74) is 9.92. The average molecular weight is 567 g/mol. The van der Waals surface area contributed by atoms with E-state index in [1.165, 1.54) is 80.7 Å². The Bertz CT molecular complexity index is 1990. The molecule has 1 aromatic heterocycles. The van der Waals surface area contributed by atoms with E-state index in [1.54, 1.807) is 0 Å². The Morgan fingerprint density at radius 2 is 1.40 bits per heavy atom. The lowest BCUT2D eigenvalue weighted by molar-refractivity contribution is 1.03. The zero-order chi connectivity index (χ0) is 29.8. The number of rotatable bonds is 2. The molecule has 0 spiro atoms. The Morgan fingerprint density at radius 3 is 2.17 bits per heavy atom. The van der Waals surface area contributed by atoms with Gasteiger partial charge in [-0.05, 0) is 121 Å². The van der Waals surface area contributed by atoms with Gasteiger partial charge in [0.2, 0.25) is 0 Å². The van der Waals surface area contributed by atoms with Gasteiger partial charge in [0.05, 0.1) is 0 Å². The van der Waals surface area contributed by atoms with Crippen molar-refractivity contribution < 1.29 is 0 Å². The number of benzene rings is 5. The van der Waals surface area contributed by atoms with E-state index in [4.69, 9.17) is 0 Å². The summed E-state index contributed by atoms with van der Waals surface area (Å²) in [4.78, 5) is 0. The summed E-state index contributed by atoms with van der Waals surface area (Å²) in [5, 5.41) is 8.22. The van der Waals surface area contributed by atoms with Crippen LogP contribution in [0.15, 0.2) is 103 Å². The van der Waals surface area contributed by atoms with Crippen LogP contribution in [0.2, 0.25) is 0 Å². The molecule has 1 aliphatic rings. The van der Waals surface area contributed by atoms with Crippen molar-refractivity contribution in [1.29, 1.82) is 0 Å². The molecule has 212 valence electrons. The zero-order valence-corrected chi connectivity index (χ0v) is 27.0. The van der Waals surface area contributed by atoms with E-state index in [0.29, 0.717) is 0 Å². The molecule has 0 saturated heterocycles. The van der Waals surface area contributed by atoms with E-state index in [-0.39, 0.29) is 0 Å². The highest BCUT2D eigenvalue weighted by Crippen LogP contribution is 2.41. The Morgan fingerprint density at radius 1 is 0.690 bits per heavy atom. The second-order valence-electron chi connectivity index (χ2n) is 10.9. The van der Waals surface area contributed by atoms with Gasteiger partial charge >= 0.3 is 0 Å². The number of allylic oxidation sites excluding steroid dienone is 5. The van der Waals surface area contributed by atoms with Crippen LogP contribution in [-0.4, -0.2) is 0 Å². The molecule has 0 fully saturated rings. The first-order valence-electron chi connectivity index (χ1n) is 15.3. The quantitative estimate of drug-likeness (QED) is 0.183. The molecule has 0 bridgehead atoms. The molecule has 6 aromatic rings. The fourth-order valence-electron chi connectivity index (χ4n) is 6.39. The molecule has 0 amide bonds. The highest BCUT2D eigenvalue weighted by molar-refractivity contribution is 7.25. The van der Waals surface area contributed by atoms with Crippen LogP contribution in [-0.2, 0) is 0 Å². The third kappa shape index (κ3) is 5.46. The Balaban J connectivity index is 0.000000185. The first-order chi connectivity index (χ1) is 20.5. The largest absolute Gasteiger partial charge is 0.135 e. The van der Waals surface area contributed by atoms with Crippen LogP contribution in [0.3, 0.4) is 0 Å². The number of hydrogen-bond acceptors (Lipinski definition) is 1. The SMILES string of the molecule is C/C=C\c1c(C)c(C2=C(C)C=CCC2)c(C)c2ccc3ccccc3c12.CC.Cc1ccc2sc3ccccc3c2c1. The van der Waals surface area contributed by atoms with Crippen LogP contribution in [0.5, 0.6) is 0 Å². The molecule has 1 heteroatoms. The van der Waals surface area contributed by atoms with Crippen molar-refractivity contribution in [2.45, 2.75) is 61.3 Å². The van der Waals surface area contributed by atoms with Crippen molar-refractivity contribution in [3.05, 3.63) is 130 Å². The number of fused-ring (bicyclic) bond motifs is 6. The van der Waals surface area contributed by atoms with E-state index in [1.807, 2.05) is 25.2 Å². The van der Waals surface area contributed by atoms with Gasteiger partial charge in [-0.15, -0.1) is 11.3 Å². The van der Waals surface area contributed by atoms with Crippen LogP contribution in [0, 0.1) is 20.8 Å². The average Bonchev–Trinajstić information content (AvgIpc) is 3.39. The molecule has 1 aliphatic carbocycles. The van der Waals surface area contributed by atoms with Crippen molar-refractivity contribution in [2.75, 3.05) is 0 Å². The van der Waals surface area contributed by atoms with E-state index < -0.39 is 0 Å². The molecule has 7 rings (SSSR count). The van der Waals surface area contributed by atoms with Gasteiger partial charge in [-0.25, -0.2) is 0 Å². The van der Waals surface area contributed by atoms with E-state index in [0.717, 1.165) is 12.8 Å². The minimum absolute atomic E-state index is 1.14. The van der Waals surface area contributed by atoms with Crippen molar-refractivity contribution in [3.8, 4) is 0 Å². The van der Waals surface area contributed by atoms with Crippen molar-refractivity contribution in [3.63, 3.8) is 0 Å². The van der Waals surface area contributed by atoms with E-state index in [9.17, 15) is 0 Å². The highest BCUT2D eigenvalue weighted by Gasteiger charge is 2.19. The molecule has 0 unspecified atom stereocenters. The fourth-order valence-corrected chi connectivity index (χ4v) is 7.47. The minimum atomic E-state index is 1.14. The molecular weight excluding hydrogens is 525 g/mol. The summed E-state index contributed by atoms with van der Waals surface area (Å²) in [7, 11) is 0. The number of hydrogen-bond donors (Lipinski definition) is 0. The lowest BCUT2D eigenvalue weighted by atomic mass is 9.81. The van der Waals surface area contributed by atoms with Crippen LogP contribution in [0.1, 0.15) is 68.4 Å². The highest BCUT2D eigenvalue weighted by atomic mass is 32.1. The maximum Gasteiger partial charge on any atom is 0.0355 e. The minimum Gasteiger partial charge on any atom is -0.135 e. The monoisotopic (exact) mass is 566 g/mol. The van der Waals surface area contributed by atoms with Gasteiger partial charge in [-0.3, -0.25) is 0 Å². The van der Waals surface area contributed by atoms with Crippen molar-refractivity contribution in [2.24, 2.45) is 0 Å². The third-order valence-corrected chi connectivity index (χ3v) is 9.48. The van der Waals surface area contributed by atoms with Crippen LogP contribution in [0.25, 0.3) is 53.4 Å². The van der Waals surface area contributed by atoms with Crippen molar-refractivity contribution in [1.82, 2.24) is 0 Å². The topological polar surface area (TPSA) is 0 Å². The van der Waals surface area contributed by atoms with E-state index >= 15 is 0 Å². The molecule has 0 aliphatic heterocycles. The number of aryl methyl sites for hydroxylation is 2. The summed E-state index contributed by atoms with van der Waals surface area (Å²) >= 11 is 1.87. The summed E-state index contributed by atoms with van der Waals surface area (Å²) < 4.78 is 2.77. The van der Waals surface area contributed by atoms with Crippen LogP contribution < -0.4 is 0 Å². The molecule has 0 N–H and O–H groups in total. The predicted molar refractivity (Wildman–Crippen MR) is 192 cm³/mol. The van der Waals surface area contributed by atoms with Crippen LogP contribution in [0.4, 0.5) is 0 Å².